The molecule has 1 amide bonds. The van der Waals surface area contributed by atoms with Gasteiger partial charge in [-0.2, -0.15) is 5.26 Å². The van der Waals surface area contributed by atoms with E-state index in [9.17, 15) is 4.79 Å². The van der Waals surface area contributed by atoms with Crippen molar-refractivity contribution in [3.8, 4) is 6.07 Å². The zero-order chi connectivity index (χ0) is 14.4. The molecule has 0 saturated heterocycles. The van der Waals surface area contributed by atoms with E-state index in [0.29, 0.717) is 30.7 Å². The monoisotopic (exact) mass is 272 g/mol. The van der Waals surface area contributed by atoms with Crippen LogP contribution in [0.4, 0.5) is 0 Å². The lowest BCUT2D eigenvalue weighted by Gasteiger charge is -2.17. The molecule has 0 heterocycles. The molecule has 1 aliphatic rings. The van der Waals surface area contributed by atoms with Crippen molar-refractivity contribution in [1.82, 2.24) is 5.32 Å². The van der Waals surface area contributed by atoms with Gasteiger partial charge in [0, 0.05) is 19.1 Å². The molecule has 1 fully saturated rings. The number of nitrogens with one attached hydrogen (secondary N) is 1. The summed E-state index contributed by atoms with van der Waals surface area (Å²) in [5.74, 6) is 0.598. The average Bonchev–Trinajstić information content (AvgIpc) is 3.30. The lowest BCUT2D eigenvalue weighted by molar-refractivity contribution is -0.122. The fourth-order valence-electron chi connectivity index (χ4n) is 2.35. The summed E-state index contributed by atoms with van der Waals surface area (Å²) in [5.41, 5.74) is 1.69. The SMILES string of the molecule is N#Cc1ccc(CCC(=O)NC(CCO)C2CC2)cc1. The van der Waals surface area contributed by atoms with Gasteiger partial charge in [0.25, 0.3) is 0 Å². The molecule has 0 spiro atoms. The Bertz CT molecular complexity index is 486. The Morgan fingerprint density at radius 3 is 2.65 bits per heavy atom. The maximum absolute atomic E-state index is 11.9. The van der Waals surface area contributed by atoms with E-state index < -0.39 is 0 Å². The number of carbonyl (C=O) groups excluding carboxylic acids is 1. The number of amides is 1. The molecule has 1 unspecified atom stereocenters. The summed E-state index contributed by atoms with van der Waals surface area (Å²) in [5, 5.41) is 20.7. The van der Waals surface area contributed by atoms with Gasteiger partial charge < -0.3 is 10.4 Å². The van der Waals surface area contributed by atoms with Crippen molar-refractivity contribution in [1.29, 1.82) is 5.26 Å². The minimum Gasteiger partial charge on any atom is -0.396 e. The van der Waals surface area contributed by atoms with Crippen molar-refractivity contribution < 1.29 is 9.90 Å². The van der Waals surface area contributed by atoms with Crippen molar-refractivity contribution >= 4 is 5.91 Å². The Hall–Kier alpha value is -1.86. The van der Waals surface area contributed by atoms with Crippen LogP contribution >= 0.6 is 0 Å². The van der Waals surface area contributed by atoms with Gasteiger partial charge in [-0.05, 0) is 49.3 Å². The predicted molar refractivity (Wildman–Crippen MR) is 75.8 cm³/mol. The first kappa shape index (κ1) is 14.5. The topological polar surface area (TPSA) is 73.1 Å². The Kier molecular flexibility index (Phi) is 5.14. The van der Waals surface area contributed by atoms with Gasteiger partial charge in [0.15, 0.2) is 0 Å². The number of nitriles is 1. The molecular weight excluding hydrogens is 252 g/mol. The third-order valence-electron chi connectivity index (χ3n) is 3.70. The van der Waals surface area contributed by atoms with Crippen LogP contribution in [0.15, 0.2) is 24.3 Å². The molecule has 106 valence electrons. The number of hydrogen-bond acceptors (Lipinski definition) is 3. The van der Waals surface area contributed by atoms with Crippen LogP contribution in [0, 0.1) is 17.2 Å². The fourth-order valence-corrected chi connectivity index (χ4v) is 2.35. The van der Waals surface area contributed by atoms with Crippen molar-refractivity contribution in [3.05, 3.63) is 35.4 Å². The number of carbonyl (C=O) groups is 1. The lowest BCUT2D eigenvalue weighted by atomic mass is 10.1. The first-order valence-electron chi connectivity index (χ1n) is 7.12. The number of hydrogen-bond donors (Lipinski definition) is 2. The van der Waals surface area contributed by atoms with E-state index in [4.69, 9.17) is 10.4 Å². The molecule has 0 radical (unpaired) electrons. The van der Waals surface area contributed by atoms with E-state index in [1.165, 1.54) is 0 Å². The van der Waals surface area contributed by atoms with Crippen molar-refractivity contribution in [2.24, 2.45) is 5.92 Å². The number of aliphatic hydroxyl groups is 1. The van der Waals surface area contributed by atoms with Crippen LogP contribution < -0.4 is 5.32 Å². The molecule has 4 nitrogen and oxygen atoms in total. The van der Waals surface area contributed by atoms with Gasteiger partial charge in [0.2, 0.25) is 5.91 Å². The summed E-state index contributed by atoms with van der Waals surface area (Å²) in [6.07, 6.45) is 4.07. The highest BCUT2D eigenvalue weighted by atomic mass is 16.3. The Balaban J connectivity index is 1.77. The zero-order valence-corrected chi connectivity index (χ0v) is 11.5. The maximum atomic E-state index is 11.9. The summed E-state index contributed by atoms with van der Waals surface area (Å²) in [7, 11) is 0. The van der Waals surface area contributed by atoms with Gasteiger partial charge in [0.1, 0.15) is 0 Å². The zero-order valence-electron chi connectivity index (χ0n) is 11.5. The number of rotatable bonds is 7. The third-order valence-corrected chi connectivity index (χ3v) is 3.70. The molecule has 2 N–H and O–H groups in total. The van der Waals surface area contributed by atoms with Crippen LogP contribution in [0.3, 0.4) is 0 Å². The number of benzene rings is 1. The third kappa shape index (κ3) is 4.36. The van der Waals surface area contributed by atoms with Gasteiger partial charge in [-0.3, -0.25) is 4.79 Å². The number of aliphatic hydroxyl groups excluding tert-OH is 1. The highest BCUT2D eigenvalue weighted by Crippen LogP contribution is 2.33. The Labute approximate surface area is 119 Å². The molecule has 4 heteroatoms. The Morgan fingerprint density at radius 2 is 2.10 bits per heavy atom. The summed E-state index contributed by atoms with van der Waals surface area (Å²) in [4.78, 5) is 11.9. The molecule has 1 aliphatic carbocycles. The van der Waals surface area contributed by atoms with E-state index in [-0.39, 0.29) is 18.6 Å². The predicted octanol–water partition coefficient (Wildman–Crippen LogP) is 1.77. The summed E-state index contributed by atoms with van der Waals surface area (Å²) >= 11 is 0. The van der Waals surface area contributed by atoms with Gasteiger partial charge in [0.05, 0.1) is 11.6 Å². The van der Waals surface area contributed by atoms with Gasteiger partial charge in [-0.15, -0.1) is 0 Å². The standard InChI is InChI=1S/C16H20N2O2/c17-11-13-3-1-12(2-4-13)5-8-16(20)18-15(9-10-19)14-6-7-14/h1-4,14-15,19H,5-10H2,(H,18,20). The van der Waals surface area contributed by atoms with Gasteiger partial charge in [-0.25, -0.2) is 0 Å². The second-order valence-electron chi connectivity index (χ2n) is 5.33. The van der Waals surface area contributed by atoms with Gasteiger partial charge in [-0.1, -0.05) is 12.1 Å². The van der Waals surface area contributed by atoms with E-state index in [0.717, 1.165) is 18.4 Å². The highest BCUT2D eigenvalue weighted by molar-refractivity contribution is 5.76. The van der Waals surface area contributed by atoms with Crippen LogP contribution in [0.25, 0.3) is 0 Å². The quantitative estimate of drug-likeness (QED) is 0.794. The molecule has 0 aliphatic heterocycles. The van der Waals surface area contributed by atoms with Crippen molar-refractivity contribution in [2.75, 3.05) is 6.61 Å². The minimum absolute atomic E-state index is 0.0414. The van der Waals surface area contributed by atoms with E-state index in [1.54, 1.807) is 12.1 Å². The van der Waals surface area contributed by atoms with Crippen molar-refractivity contribution in [2.45, 2.75) is 38.1 Å². The molecule has 1 aromatic rings. The average molecular weight is 272 g/mol. The first-order chi connectivity index (χ1) is 9.72. The smallest absolute Gasteiger partial charge is 0.220 e. The van der Waals surface area contributed by atoms with Crippen LogP contribution in [0.5, 0.6) is 0 Å². The minimum atomic E-state index is 0.0414. The van der Waals surface area contributed by atoms with Crippen LogP contribution in [0.1, 0.15) is 36.8 Å². The lowest BCUT2D eigenvalue weighted by Crippen LogP contribution is -2.37. The van der Waals surface area contributed by atoms with Crippen LogP contribution in [0.2, 0.25) is 0 Å². The normalized spacial score (nSPS) is 15.4. The Morgan fingerprint density at radius 1 is 1.40 bits per heavy atom. The maximum Gasteiger partial charge on any atom is 0.220 e. The summed E-state index contributed by atoms with van der Waals surface area (Å²) < 4.78 is 0. The van der Waals surface area contributed by atoms with Gasteiger partial charge >= 0.3 is 0 Å². The first-order valence-corrected chi connectivity index (χ1v) is 7.12. The molecule has 2 rings (SSSR count). The van der Waals surface area contributed by atoms with Crippen LogP contribution in [-0.4, -0.2) is 23.7 Å². The second-order valence-corrected chi connectivity index (χ2v) is 5.33. The van der Waals surface area contributed by atoms with E-state index >= 15 is 0 Å². The van der Waals surface area contributed by atoms with Crippen molar-refractivity contribution in [3.63, 3.8) is 0 Å². The number of aryl methyl sites for hydroxylation is 1. The van der Waals surface area contributed by atoms with E-state index in [1.807, 2.05) is 12.1 Å². The second kappa shape index (κ2) is 7.06. The molecule has 1 saturated carbocycles. The molecule has 0 bridgehead atoms. The molecular formula is C16H20N2O2. The summed E-state index contributed by atoms with van der Waals surface area (Å²) in [6, 6.07) is 9.52. The molecule has 1 aromatic carbocycles. The highest BCUT2D eigenvalue weighted by Gasteiger charge is 2.31. The van der Waals surface area contributed by atoms with Crippen LogP contribution in [-0.2, 0) is 11.2 Å². The number of nitrogens with zero attached hydrogens (tertiary/aromatic N) is 1. The largest absolute Gasteiger partial charge is 0.396 e. The molecule has 1 atom stereocenters. The van der Waals surface area contributed by atoms with E-state index in [2.05, 4.69) is 11.4 Å². The molecule has 20 heavy (non-hydrogen) atoms. The fraction of sp³-hybridized carbons (Fsp3) is 0.500. The molecule has 0 aromatic heterocycles. The summed E-state index contributed by atoms with van der Waals surface area (Å²) in [6.45, 7) is 0.122.